The van der Waals surface area contributed by atoms with E-state index in [9.17, 15) is 26.3 Å². The molecule has 4 rings (SSSR count). The Morgan fingerprint density at radius 1 is 1.07 bits per heavy atom. The second-order valence-corrected chi connectivity index (χ2v) is 6.70. The van der Waals surface area contributed by atoms with E-state index in [0.717, 1.165) is 36.2 Å². The third kappa shape index (κ3) is 3.22. The van der Waals surface area contributed by atoms with Crippen LogP contribution >= 0.6 is 0 Å². The Kier molecular flexibility index (Phi) is 4.60. The largest absolute Gasteiger partial charge is 0.459 e. The first-order valence-electron chi connectivity index (χ1n) is 8.62. The first kappa shape index (κ1) is 20.3. The van der Waals surface area contributed by atoms with Crippen molar-refractivity contribution < 1.29 is 35.8 Å². The van der Waals surface area contributed by atoms with Gasteiger partial charge in [0.15, 0.2) is 11.5 Å². The Balaban J connectivity index is 1.68. The summed E-state index contributed by atoms with van der Waals surface area (Å²) in [7, 11) is 0.789. The third-order valence-electron chi connectivity index (χ3n) is 4.88. The topological polar surface area (TPSA) is 74.4 Å². The molecule has 3 aromatic rings. The lowest BCUT2D eigenvalue weighted by atomic mass is 9.79. The number of rotatable bonds is 5. The molecule has 13 heteroatoms. The molecule has 0 bridgehead atoms. The minimum Gasteiger partial charge on any atom is -0.459 e. The lowest BCUT2D eigenvalue weighted by molar-refractivity contribution is -0.275. The van der Waals surface area contributed by atoms with Crippen LogP contribution < -0.4 is 4.74 Å². The molecule has 3 heterocycles. The summed E-state index contributed by atoms with van der Waals surface area (Å²) in [4.78, 5) is 7.61. The van der Waals surface area contributed by atoms with E-state index in [0.29, 0.717) is 6.42 Å². The zero-order valence-electron chi connectivity index (χ0n) is 15.3. The average molecular weight is 433 g/mol. The van der Waals surface area contributed by atoms with Gasteiger partial charge in [-0.15, -0.1) is 10.2 Å². The lowest BCUT2D eigenvalue weighted by Gasteiger charge is -2.42. The van der Waals surface area contributed by atoms with E-state index < -0.39 is 35.4 Å². The Morgan fingerprint density at radius 2 is 1.80 bits per heavy atom. The summed E-state index contributed by atoms with van der Waals surface area (Å²) < 4.78 is 91.7. The highest BCUT2D eigenvalue weighted by molar-refractivity contribution is 5.59. The quantitative estimate of drug-likeness (QED) is 0.569. The predicted octanol–water partition coefficient (Wildman–Crippen LogP) is 3.88. The summed E-state index contributed by atoms with van der Waals surface area (Å²) in [6.07, 6.45) is -5.42. The molecular formula is C17H13F6N5O2. The van der Waals surface area contributed by atoms with Crippen molar-refractivity contribution in [2.24, 2.45) is 0 Å². The number of ether oxygens (including phenoxy) is 2. The third-order valence-corrected chi connectivity index (χ3v) is 4.88. The number of aromatic nitrogens is 5. The van der Waals surface area contributed by atoms with E-state index in [1.807, 2.05) is 0 Å². The fraction of sp³-hybridized carbons (Fsp3) is 0.412. The van der Waals surface area contributed by atoms with Gasteiger partial charge in [0.1, 0.15) is 0 Å². The molecule has 0 N–H and O–H groups in total. The summed E-state index contributed by atoms with van der Waals surface area (Å²) in [6.45, 7) is 0. The highest BCUT2D eigenvalue weighted by Crippen LogP contribution is 2.48. The van der Waals surface area contributed by atoms with Gasteiger partial charge in [0, 0.05) is 25.1 Å². The number of nitrogens with zero attached hydrogens (tertiary/aromatic N) is 5. The van der Waals surface area contributed by atoms with Crippen LogP contribution in [0.5, 0.6) is 5.88 Å². The van der Waals surface area contributed by atoms with Crippen LogP contribution in [0.4, 0.5) is 26.3 Å². The van der Waals surface area contributed by atoms with Crippen LogP contribution in [0.25, 0.3) is 16.9 Å². The summed E-state index contributed by atoms with van der Waals surface area (Å²) in [6, 6.07) is 0.859. The number of methoxy groups -OCH3 is 1. The molecule has 0 radical (unpaired) electrons. The van der Waals surface area contributed by atoms with Gasteiger partial charge in [0.05, 0.1) is 11.9 Å². The van der Waals surface area contributed by atoms with Crippen LogP contribution in [0, 0.1) is 5.82 Å². The average Bonchev–Trinajstić information content (AvgIpc) is 3.08. The Labute approximate surface area is 164 Å². The van der Waals surface area contributed by atoms with Gasteiger partial charge in [-0.1, -0.05) is 0 Å². The molecule has 0 unspecified atom stereocenters. The van der Waals surface area contributed by atoms with Gasteiger partial charge in [0.25, 0.3) is 5.88 Å². The molecule has 7 nitrogen and oxygen atoms in total. The SMILES string of the molecule is COC(F)(F)c1nnc2cnc(-c3cnc(OC4(C(F)(F)F)CCC4)c(F)c3)cn12. The number of alkyl halides is 5. The van der Waals surface area contributed by atoms with Crippen LogP contribution in [0.2, 0.25) is 0 Å². The number of hydrogen-bond acceptors (Lipinski definition) is 6. The molecule has 0 aliphatic heterocycles. The number of halogens is 6. The van der Waals surface area contributed by atoms with Gasteiger partial charge < -0.3 is 9.47 Å². The van der Waals surface area contributed by atoms with Crippen molar-refractivity contribution in [3.8, 4) is 17.1 Å². The number of pyridine rings is 1. The van der Waals surface area contributed by atoms with Gasteiger partial charge in [-0.25, -0.2) is 9.37 Å². The maximum atomic E-state index is 14.4. The summed E-state index contributed by atoms with van der Waals surface area (Å²) in [5.41, 5.74) is -2.45. The second kappa shape index (κ2) is 6.79. The van der Waals surface area contributed by atoms with Crippen molar-refractivity contribution in [2.45, 2.75) is 37.1 Å². The maximum Gasteiger partial charge on any atom is 0.428 e. The molecular weight excluding hydrogens is 420 g/mol. The zero-order chi connectivity index (χ0) is 21.7. The van der Waals surface area contributed by atoms with Crippen molar-refractivity contribution in [1.82, 2.24) is 24.6 Å². The van der Waals surface area contributed by atoms with E-state index in [4.69, 9.17) is 4.74 Å². The van der Waals surface area contributed by atoms with Crippen LogP contribution in [0.3, 0.4) is 0 Å². The van der Waals surface area contributed by atoms with Gasteiger partial charge in [0.2, 0.25) is 11.4 Å². The van der Waals surface area contributed by atoms with Gasteiger partial charge in [-0.3, -0.25) is 9.38 Å². The molecule has 1 aliphatic rings. The van der Waals surface area contributed by atoms with E-state index in [2.05, 4.69) is 24.9 Å². The molecule has 0 aromatic carbocycles. The second-order valence-electron chi connectivity index (χ2n) is 6.70. The maximum absolute atomic E-state index is 14.4. The summed E-state index contributed by atoms with van der Waals surface area (Å²) >= 11 is 0. The summed E-state index contributed by atoms with van der Waals surface area (Å²) in [5.74, 6) is -2.77. The van der Waals surface area contributed by atoms with Crippen LogP contribution in [0.1, 0.15) is 25.1 Å². The highest BCUT2D eigenvalue weighted by Gasteiger charge is 2.61. The minimum atomic E-state index is -4.66. The van der Waals surface area contributed by atoms with E-state index in [1.54, 1.807) is 0 Å². The smallest absolute Gasteiger partial charge is 0.428 e. The first-order valence-corrected chi connectivity index (χ1v) is 8.62. The fourth-order valence-electron chi connectivity index (χ4n) is 3.01. The van der Waals surface area contributed by atoms with Crippen molar-refractivity contribution >= 4 is 5.65 Å². The Morgan fingerprint density at radius 3 is 2.37 bits per heavy atom. The molecule has 1 saturated carbocycles. The Hall–Kier alpha value is -2.96. The molecule has 0 spiro atoms. The monoisotopic (exact) mass is 433 g/mol. The van der Waals surface area contributed by atoms with Crippen molar-refractivity contribution in [1.29, 1.82) is 0 Å². The van der Waals surface area contributed by atoms with Crippen molar-refractivity contribution in [3.05, 3.63) is 36.3 Å². The van der Waals surface area contributed by atoms with E-state index >= 15 is 0 Å². The molecule has 1 aliphatic carbocycles. The lowest BCUT2D eigenvalue weighted by Crippen LogP contribution is -2.55. The van der Waals surface area contributed by atoms with Crippen molar-refractivity contribution in [2.75, 3.05) is 7.11 Å². The van der Waals surface area contributed by atoms with E-state index in [1.165, 1.54) is 0 Å². The zero-order valence-corrected chi connectivity index (χ0v) is 15.3. The normalized spacial score (nSPS) is 16.5. The van der Waals surface area contributed by atoms with Gasteiger partial charge in [-0.2, -0.15) is 22.0 Å². The Bertz CT molecular complexity index is 1100. The molecule has 0 atom stereocenters. The predicted molar refractivity (Wildman–Crippen MR) is 88.1 cm³/mol. The molecule has 0 amide bonds. The fourth-order valence-corrected chi connectivity index (χ4v) is 3.01. The summed E-state index contributed by atoms with van der Waals surface area (Å²) in [5, 5.41) is 6.92. The van der Waals surface area contributed by atoms with Gasteiger partial charge in [-0.05, 0) is 25.3 Å². The molecule has 30 heavy (non-hydrogen) atoms. The first-order chi connectivity index (χ1) is 14.1. The van der Waals surface area contributed by atoms with Crippen LogP contribution in [0.15, 0.2) is 24.7 Å². The molecule has 160 valence electrons. The minimum absolute atomic E-state index is 0.00239. The number of fused-ring (bicyclic) bond motifs is 1. The molecule has 0 saturated heterocycles. The standard InChI is InChI=1S/C17H13F6N5O2/c1-29-16(19,20)14-27-26-12-7-24-11(8-28(12)14)9-5-10(18)13(25-6-9)30-15(3-2-4-15)17(21,22)23/h5-8H,2-4H2,1H3. The van der Waals surface area contributed by atoms with Crippen molar-refractivity contribution in [3.63, 3.8) is 0 Å². The highest BCUT2D eigenvalue weighted by atomic mass is 19.4. The molecule has 3 aromatic heterocycles. The number of hydrogen-bond donors (Lipinski definition) is 0. The van der Waals surface area contributed by atoms with Gasteiger partial charge >= 0.3 is 12.3 Å². The van der Waals surface area contributed by atoms with E-state index in [-0.39, 0.29) is 29.7 Å². The molecule has 1 fully saturated rings. The van der Waals surface area contributed by atoms with Crippen LogP contribution in [-0.4, -0.2) is 43.5 Å². The van der Waals surface area contributed by atoms with Crippen LogP contribution in [-0.2, 0) is 10.8 Å².